The third-order valence-electron chi connectivity index (χ3n) is 7.29. The fourth-order valence-electron chi connectivity index (χ4n) is 5.53. The summed E-state index contributed by atoms with van der Waals surface area (Å²) in [4.78, 5) is 15.2. The number of amides is 1. The van der Waals surface area contributed by atoms with Crippen LogP contribution in [0.3, 0.4) is 0 Å². The summed E-state index contributed by atoms with van der Waals surface area (Å²) < 4.78 is 24.1. The minimum Gasteiger partial charge on any atom is -0.335 e. The van der Waals surface area contributed by atoms with Gasteiger partial charge in [-0.2, -0.15) is 0 Å². The molecule has 30 heavy (non-hydrogen) atoms. The highest BCUT2D eigenvalue weighted by Gasteiger charge is 2.38. The van der Waals surface area contributed by atoms with Gasteiger partial charge in [-0.1, -0.05) is 37.5 Å². The third kappa shape index (κ3) is 5.08. The van der Waals surface area contributed by atoms with E-state index in [1.165, 1.54) is 42.4 Å². The van der Waals surface area contributed by atoms with Crippen molar-refractivity contribution in [3.8, 4) is 0 Å². The monoisotopic (exact) mass is 432 g/mol. The molecule has 0 radical (unpaired) electrons. The van der Waals surface area contributed by atoms with E-state index in [-0.39, 0.29) is 42.1 Å². The summed E-state index contributed by atoms with van der Waals surface area (Å²) in [5, 5.41) is 3.43. The van der Waals surface area contributed by atoms with Crippen molar-refractivity contribution in [1.29, 1.82) is 0 Å². The van der Waals surface area contributed by atoms with Crippen LogP contribution in [0.2, 0.25) is 0 Å². The van der Waals surface area contributed by atoms with Gasteiger partial charge in [0.1, 0.15) is 0 Å². The number of hydrogen-bond acceptors (Lipinski definition) is 4. The summed E-state index contributed by atoms with van der Waals surface area (Å²) in [6.07, 6.45) is 10.9. The molecule has 2 fully saturated rings. The molecule has 0 spiro atoms. The number of aryl methyl sites for hydroxylation is 2. The number of carbonyl (C=O) groups is 1. The molecule has 1 saturated carbocycles. The quantitative estimate of drug-likeness (QED) is 0.746. The van der Waals surface area contributed by atoms with Crippen molar-refractivity contribution in [1.82, 2.24) is 10.2 Å². The van der Waals surface area contributed by atoms with Crippen molar-refractivity contribution in [2.75, 3.05) is 18.1 Å². The molecular formula is C24H36N2O3S. The van der Waals surface area contributed by atoms with E-state index in [0.29, 0.717) is 6.42 Å². The van der Waals surface area contributed by atoms with E-state index in [1.807, 2.05) is 4.90 Å². The Labute approximate surface area is 181 Å². The van der Waals surface area contributed by atoms with E-state index in [2.05, 4.69) is 30.4 Å². The van der Waals surface area contributed by atoms with Crippen LogP contribution in [0.15, 0.2) is 18.2 Å². The van der Waals surface area contributed by atoms with E-state index in [1.54, 1.807) is 0 Å². The zero-order chi connectivity index (χ0) is 21.1. The smallest absolute Gasteiger partial charge is 0.237 e. The molecule has 3 aliphatic rings. The second-order valence-corrected chi connectivity index (χ2v) is 11.7. The van der Waals surface area contributed by atoms with Gasteiger partial charge < -0.3 is 10.2 Å². The van der Waals surface area contributed by atoms with Crippen LogP contribution in [-0.2, 0) is 27.5 Å². The van der Waals surface area contributed by atoms with Crippen molar-refractivity contribution in [2.24, 2.45) is 0 Å². The van der Waals surface area contributed by atoms with Crippen LogP contribution in [0.25, 0.3) is 0 Å². The number of carbonyl (C=O) groups excluding carboxylic acids is 1. The molecule has 1 aromatic carbocycles. The number of benzene rings is 1. The van der Waals surface area contributed by atoms with Crippen LogP contribution < -0.4 is 5.32 Å². The van der Waals surface area contributed by atoms with Gasteiger partial charge in [0.05, 0.1) is 18.1 Å². The molecule has 166 valence electrons. The van der Waals surface area contributed by atoms with E-state index < -0.39 is 9.84 Å². The molecule has 5 nitrogen and oxygen atoms in total. The first kappa shape index (κ1) is 21.8. The van der Waals surface area contributed by atoms with Crippen LogP contribution >= 0.6 is 0 Å². The molecule has 4 rings (SSSR count). The van der Waals surface area contributed by atoms with Crippen molar-refractivity contribution in [3.63, 3.8) is 0 Å². The van der Waals surface area contributed by atoms with Gasteiger partial charge in [0, 0.05) is 18.1 Å². The molecule has 0 bridgehead atoms. The maximum atomic E-state index is 13.3. The maximum absolute atomic E-state index is 13.3. The molecule has 1 amide bonds. The summed E-state index contributed by atoms with van der Waals surface area (Å²) in [5.41, 5.74) is 4.16. The molecule has 1 saturated heterocycles. The molecule has 2 atom stereocenters. The lowest BCUT2D eigenvalue weighted by Crippen LogP contribution is -2.51. The van der Waals surface area contributed by atoms with Gasteiger partial charge in [-0.3, -0.25) is 4.79 Å². The van der Waals surface area contributed by atoms with Crippen molar-refractivity contribution in [2.45, 2.75) is 89.3 Å². The summed E-state index contributed by atoms with van der Waals surface area (Å²) in [6, 6.07) is 6.90. The van der Waals surface area contributed by atoms with Gasteiger partial charge in [-0.15, -0.1) is 0 Å². The highest BCUT2D eigenvalue weighted by molar-refractivity contribution is 7.91. The Kier molecular flexibility index (Phi) is 6.83. The maximum Gasteiger partial charge on any atom is 0.237 e. The zero-order valence-electron chi connectivity index (χ0n) is 18.2. The number of fused-ring (bicyclic) bond motifs is 1. The highest BCUT2D eigenvalue weighted by Crippen LogP contribution is 2.29. The Hall–Kier alpha value is -1.40. The molecule has 1 heterocycles. The van der Waals surface area contributed by atoms with Crippen LogP contribution in [0.4, 0.5) is 0 Å². The van der Waals surface area contributed by atoms with Crippen molar-refractivity contribution >= 4 is 15.7 Å². The Balaban J connectivity index is 1.41. The Morgan fingerprint density at radius 3 is 2.47 bits per heavy atom. The van der Waals surface area contributed by atoms with Gasteiger partial charge >= 0.3 is 0 Å². The number of sulfone groups is 1. The fraction of sp³-hybridized carbons (Fsp3) is 0.708. The Bertz CT molecular complexity index is 861. The van der Waals surface area contributed by atoms with Crippen LogP contribution in [0, 0.1) is 0 Å². The third-order valence-corrected chi connectivity index (χ3v) is 9.04. The summed E-state index contributed by atoms with van der Waals surface area (Å²) in [5.74, 6) is 0.414. The predicted octanol–water partition coefficient (Wildman–Crippen LogP) is 3.56. The first-order valence-corrected chi connectivity index (χ1v) is 13.6. The molecule has 6 heteroatoms. The van der Waals surface area contributed by atoms with E-state index in [0.717, 1.165) is 32.1 Å². The lowest BCUT2D eigenvalue weighted by Gasteiger charge is -2.38. The normalized spacial score (nSPS) is 24.9. The number of rotatable bonds is 6. The summed E-state index contributed by atoms with van der Waals surface area (Å²) >= 11 is 0. The van der Waals surface area contributed by atoms with E-state index >= 15 is 0 Å². The van der Waals surface area contributed by atoms with E-state index in [9.17, 15) is 13.2 Å². The van der Waals surface area contributed by atoms with Crippen LogP contribution in [-0.4, -0.2) is 49.4 Å². The molecular weight excluding hydrogens is 396 g/mol. The first-order valence-electron chi connectivity index (χ1n) is 11.8. The summed E-state index contributed by atoms with van der Waals surface area (Å²) in [6.45, 7) is 2.38. The Morgan fingerprint density at radius 1 is 1.03 bits per heavy atom. The molecule has 0 unspecified atom stereocenters. The number of nitrogens with zero attached hydrogens (tertiary/aromatic N) is 1. The highest BCUT2D eigenvalue weighted by atomic mass is 32.2. The molecule has 1 aromatic rings. The fourth-order valence-corrected chi connectivity index (χ4v) is 7.24. The van der Waals surface area contributed by atoms with Gasteiger partial charge in [0.2, 0.25) is 5.91 Å². The molecule has 2 aliphatic carbocycles. The van der Waals surface area contributed by atoms with Gasteiger partial charge in [-0.25, -0.2) is 8.42 Å². The molecule has 0 aromatic heterocycles. The van der Waals surface area contributed by atoms with Gasteiger partial charge in [0.15, 0.2) is 9.84 Å². The molecule has 1 aliphatic heterocycles. The average molecular weight is 433 g/mol. The minimum absolute atomic E-state index is 0.0637. The Morgan fingerprint density at radius 2 is 1.77 bits per heavy atom. The standard InChI is InChI=1S/C24H36N2O3S/c1-18(20-12-11-19-7-5-6-8-21(19)15-20)25-16-24(27)26(22-9-3-2-4-10-22)23-13-14-30(28,29)17-23/h11-12,15,18,22-23,25H,2-10,13-14,16-17H2,1H3/t18-,23+/m0/s1. The van der Waals surface area contributed by atoms with Gasteiger partial charge in [0.25, 0.3) is 0 Å². The van der Waals surface area contributed by atoms with Crippen molar-refractivity contribution in [3.05, 3.63) is 34.9 Å². The predicted molar refractivity (Wildman–Crippen MR) is 120 cm³/mol. The summed E-state index contributed by atoms with van der Waals surface area (Å²) in [7, 11) is -3.01. The SMILES string of the molecule is C[C@H](NCC(=O)N(C1CCCCC1)[C@@H]1CCS(=O)(=O)C1)c1ccc2c(c1)CCCC2. The van der Waals surface area contributed by atoms with Gasteiger partial charge in [-0.05, 0) is 68.6 Å². The topological polar surface area (TPSA) is 66.5 Å². The van der Waals surface area contributed by atoms with E-state index in [4.69, 9.17) is 0 Å². The second kappa shape index (κ2) is 9.39. The second-order valence-electron chi connectivity index (χ2n) is 9.49. The van der Waals surface area contributed by atoms with Crippen LogP contribution in [0.1, 0.15) is 81.0 Å². The minimum atomic E-state index is -3.01. The number of nitrogens with one attached hydrogen (secondary N) is 1. The molecule has 1 N–H and O–H groups in total. The average Bonchev–Trinajstić information content (AvgIpc) is 3.11. The van der Waals surface area contributed by atoms with Crippen LogP contribution in [0.5, 0.6) is 0 Å². The largest absolute Gasteiger partial charge is 0.335 e. The first-order chi connectivity index (χ1) is 14.4. The lowest BCUT2D eigenvalue weighted by atomic mass is 9.89. The van der Waals surface area contributed by atoms with Crippen molar-refractivity contribution < 1.29 is 13.2 Å². The zero-order valence-corrected chi connectivity index (χ0v) is 19.1. The lowest BCUT2D eigenvalue weighted by molar-refractivity contribution is -0.135. The number of hydrogen-bond donors (Lipinski definition) is 1.